The van der Waals surface area contributed by atoms with Gasteiger partial charge in [-0.15, -0.1) is 56.9 Å². The number of rotatable bonds is 6. The number of hydrogen-bond donors (Lipinski definition) is 0. The first kappa shape index (κ1) is 37.8. The molecule has 6 heteroatoms. The van der Waals surface area contributed by atoms with Crippen LogP contribution in [0.5, 0.6) is 0 Å². The minimum absolute atomic E-state index is 0. The first-order valence-electron chi connectivity index (χ1n) is 15.0. The van der Waals surface area contributed by atoms with Crippen LogP contribution in [-0.4, -0.2) is 15.4 Å². The molecule has 0 saturated heterocycles. The van der Waals surface area contributed by atoms with Crippen LogP contribution in [0, 0.1) is 13.8 Å². The fourth-order valence-electron chi connectivity index (χ4n) is 5.40. The van der Waals surface area contributed by atoms with E-state index in [1.807, 2.05) is 24.5 Å². The second-order valence-electron chi connectivity index (χ2n) is 11.3. The molecule has 0 aliphatic heterocycles. The van der Waals surface area contributed by atoms with Gasteiger partial charge in [-0.25, -0.2) is 0 Å². The fraction of sp³-hybridized carbons (Fsp3) is 0.263. The van der Waals surface area contributed by atoms with Crippen molar-refractivity contribution in [2.24, 2.45) is 0 Å². The molecule has 2 nitrogen and oxygen atoms in total. The molecule has 0 aliphatic carbocycles. The maximum absolute atomic E-state index is 4.51. The zero-order valence-corrected chi connectivity index (χ0v) is 31.7. The monoisotopic (exact) mass is 714 g/mol. The van der Waals surface area contributed by atoms with E-state index in [1.54, 1.807) is 23.3 Å². The summed E-state index contributed by atoms with van der Waals surface area (Å²) in [6.45, 7) is 13.4. The molecule has 4 aromatic carbocycles. The predicted molar refractivity (Wildman–Crippen MR) is 180 cm³/mol. The van der Waals surface area contributed by atoms with Crippen molar-refractivity contribution in [2.45, 2.75) is 66.5 Å². The van der Waals surface area contributed by atoms with Crippen LogP contribution in [-0.2, 0) is 36.2 Å². The number of halogens is 2. The van der Waals surface area contributed by atoms with Gasteiger partial charge in [0.15, 0.2) is 0 Å². The summed E-state index contributed by atoms with van der Waals surface area (Å²) in [5.41, 5.74) is 10.3. The Morgan fingerprint density at radius 2 is 1.02 bits per heavy atom. The van der Waals surface area contributed by atoms with Crippen LogP contribution in [0.2, 0.25) is 13.1 Å². The molecule has 2 heterocycles. The second kappa shape index (κ2) is 18.6. The normalized spacial score (nSPS) is 10.2. The van der Waals surface area contributed by atoms with Gasteiger partial charge in [0.1, 0.15) is 0 Å². The molecule has 0 radical (unpaired) electrons. The van der Waals surface area contributed by atoms with Crippen molar-refractivity contribution in [3.63, 3.8) is 0 Å². The van der Waals surface area contributed by atoms with Crippen LogP contribution < -0.4 is 24.8 Å². The maximum atomic E-state index is 4.51. The molecule has 0 spiro atoms. The quantitative estimate of drug-likeness (QED) is 0.187. The van der Waals surface area contributed by atoms with Gasteiger partial charge in [0.05, 0.1) is 11.4 Å². The van der Waals surface area contributed by atoms with E-state index in [0.717, 1.165) is 24.2 Å². The summed E-state index contributed by atoms with van der Waals surface area (Å²) in [5, 5.41) is 5.31. The maximum Gasteiger partial charge on any atom is -1.00 e. The van der Waals surface area contributed by atoms with Crippen molar-refractivity contribution >= 4 is 27.0 Å². The van der Waals surface area contributed by atoms with Crippen LogP contribution in [0.4, 0.5) is 0 Å². The van der Waals surface area contributed by atoms with Gasteiger partial charge in [0.2, 0.25) is 0 Å². The Hall–Kier alpha value is -2.36. The zero-order valence-electron chi connectivity index (χ0n) is 26.7. The largest absolute Gasteiger partial charge is 1.00 e. The van der Waals surface area contributed by atoms with E-state index in [1.165, 1.54) is 67.8 Å². The predicted octanol–water partition coefficient (Wildman–Crippen LogP) is 4.56. The Morgan fingerprint density at radius 3 is 1.34 bits per heavy atom. The third kappa shape index (κ3) is 10.3. The van der Waals surface area contributed by atoms with Gasteiger partial charge in [0, 0.05) is 12.4 Å². The molecular formula is C38H42Cl2N2SiZr-2. The molecule has 6 rings (SSSR count). The van der Waals surface area contributed by atoms with Crippen molar-refractivity contribution < 1.29 is 48.1 Å². The van der Waals surface area contributed by atoms with Crippen molar-refractivity contribution in [3.8, 4) is 22.5 Å². The summed E-state index contributed by atoms with van der Waals surface area (Å²) in [4.78, 5) is 9.02. The summed E-state index contributed by atoms with van der Waals surface area (Å²) in [6.07, 6.45) is 8.33. The SMILES string of the molecule is CCCc1cc(-c2ccccn2)c2cc(C)[cH-]c2c1.CCCc1cc(-c2ccccn2)c2cc(C)[cH-]c2c1.C[Si](C)=[Zr+2].[Cl-].[Cl-]. The third-order valence-electron chi connectivity index (χ3n) is 7.01. The molecule has 0 unspecified atom stereocenters. The standard InChI is InChI=1S/2C18H18N.C2H6Si.2ClH.Zr/c2*1-3-6-14-11-15-9-13(2)10-16(15)17(12-14)18-7-4-5-8-19-18;1-3-2;;;/h2*4-5,7-12H,3,6H2,1-2H3;1-2H3;2*1H;/q2*-1;;;;+2/p-2. The molecule has 0 N–H and O–H groups in total. The molecule has 2 aromatic heterocycles. The van der Waals surface area contributed by atoms with Gasteiger partial charge < -0.3 is 24.8 Å². The topological polar surface area (TPSA) is 25.8 Å². The average Bonchev–Trinajstić information content (AvgIpc) is 3.54. The Labute approximate surface area is 291 Å². The zero-order chi connectivity index (χ0) is 30.1. The molecule has 0 bridgehead atoms. The molecule has 6 aromatic rings. The first-order chi connectivity index (χ1) is 20.3. The van der Waals surface area contributed by atoms with Crippen LogP contribution in [0.1, 0.15) is 48.9 Å². The Balaban J connectivity index is 0.000000263. The van der Waals surface area contributed by atoms with E-state index in [0.29, 0.717) is 0 Å². The smallest absolute Gasteiger partial charge is 1.00 e. The molecular weight excluding hydrogens is 675 g/mol. The van der Waals surface area contributed by atoms with Crippen molar-refractivity contribution in [3.05, 3.63) is 120 Å². The van der Waals surface area contributed by atoms with Crippen LogP contribution in [0.3, 0.4) is 0 Å². The Kier molecular flexibility index (Phi) is 16.0. The Bertz CT molecular complexity index is 1630. The Morgan fingerprint density at radius 1 is 0.636 bits per heavy atom. The van der Waals surface area contributed by atoms with Gasteiger partial charge in [-0.1, -0.05) is 75.9 Å². The van der Waals surface area contributed by atoms with E-state index in [-0.39, 0.29) is 30.2 Å². The summed E-state index contributed by atoms with van der Waals surface area (Å²) in [6, 6.07) is 30.5. The van der Waals surface area contributed by atoms with Gasteiger partial charge >= 0.3 is 41.9 Å². The molecule has 0 atom stereocenters. The van der Waals surface area contributed by atoms with E-state index in [4.69, 9.17) is 0 Å². The number of benzene rings is 2. The van der Waals surface area contributed by atoms with Crippen molar-refractivity contribution in [1.29, 1.82) is 0 Å². The molecule has 0 saturated carbocycles. The van der Waals surface area contributed by atoms with Crippen LogP contribution in [0.25, 0.3) is 44.1 Å². The van der Waals surface area contributed by atoms with Crippen molar-refractivity contribution in [2.75, 3.05) is 0 Å². The minimum Gasteiger partial charge on any atom is -1.00 e. The molecule has 228 valence electrons. The average molecular weight is 717 g/mol. The molecule has 0 amide bonds. The van der Waals surface area contributed by atoms with E-state index in [9.17, 15) is 0 Å². The molecule has 44 heavy (non-hydrogen) atoms. The number of pyridine rings is 2. The summed E-state index contributed by atoms with van der Waals surface area (Å²) < 4.78 is 0. The molecule has 0 aliphatic rings. The van der Waals surface area contributed by atoms with Gasteiger partial charge in [-0.2, -0.15) is 12.1 Å². The first-order valence-corrected chi connectivity index (χ1v) is 21.2. The van der Waals surface area contributed by atoms with E-state index < -0.39 is 0 Å². The van der Waals surface area contributed by atoms with E-state index in [2.05, 4.69) is 124 Å². The van der Waals surface area contributed by atoms with Crippen LogP contribution in [0.15, 0.2) is 97.3 Å². The second-order valence-corrected chi connectivity index (χ2v) is 20.7. The summed E-state index contributed by atoms with van der Waals surface area (Å²) in [7, 11) is 0. The number of hydrogen-bond acceptors (Lipinski definition) is 2. The number of aryl methyl sites for hydroxylation is 4. The van der Waals surface area contributed by atoms with Crippen LogP contribution >= 0.6 is 0 Å². The number of aromatic nitrogens is 2. The fourth-order valence-corrected chi connectivity index (χ4v) is 5.40. The van der Waals surface area contributed by atoms with Gasteiger partial charge in [-0.05, 0) is 48.2 Å². The summed E-state index contributed by atoms with van der Waals surface area (Å²) >= 11 is 1.74. The third-order valence-corrected chi connectivity index (χ3v) is 7.01. The van der Waals surface area contributed by atoms with Gasteiger partial charge in [-0.3, -0.25) is 9.97 Å². The molecule has 0 fully saturated rings. The number of fused-ring (bicyclic) bond motifs is 2. The number of nitrogens with zero attached hydrogens (tertiary/aromatic N) is 2. The van der Waals surface area contributed by atoms with Gasteiger partial charge in [0.25, 0.3) is 0 Å². The summed E-state index contributed by atoms with van der Waals surface area (Å²) in [5.74, 6) is 0. The van der Waals surface area contributed by atoms with E-state index >= 15 is 0 Å². The van der Waals surface area contributed by atoms with Crippen molar-refractivity contribution in [1.82, 2.24) is 9.97 Å². The minimum atomic E-state index is 0.